The molecule has 0 saturated carbocycles. The number of carbonyl (C=O) groups excluding carboxylic acids is 1. The van der Waals surface area contributed by atoms with E-state index in [1.54, 1.807) is 11.3 Å². The Kier molecular flexibility index (Phi) is 7.16. The van der Waals surface area contributed by atoms with Gasteiger partial charge in [0.15, 0.2) is 0 Å². The van der Waals surface area contributed by atoms with Gasteiger partial charge in [-0.1, -0.05) is 12.1 Å². The number of hydrogen-bond donors (Lipinski definition) is 1. The first-order valence-electron chi connectivity index (χ1n) is 12.3. The van der Waals surface area contributed by atoms with Gasteiger partial charge in [-0.25, -0.2) is 4.98 Å². The molecule has 2 aliphatic heterocycles. The zero-order valence-electron chi connectivity index (χ0n) is 20.4. The number of benzene rings is 1. The number of nitrogens with zero attached hydrogens (tertiary/aromatic N) is 5. The van der Waals surface area contributed by atoms with Gasteiger partial charge in [0.1, 0.15) is 16.9 Å². The second-order valence-corrected chi connectivity index (χ2v) is 10.6. The van der Waals surface area contributed by atoms with Gasteiger partial charge in [-0.2, -0.15) is 5.26 Å². The van der Waals surface area contributed by atoms with Crippen molar-refractivity contribution >= 4 is 33.3 Å². The third kappa shape index (κ3) is 5.26. The zero-order chi connectivity index (χ0) is 24.4. The molecule has 2 fully saturated rings. The van der Waals surface area contributed by atoms with E-state index in [-0.39, 0.29) is 12.0 Å². The lowest BCUT2D eigenvalue weighted by atomic mass is 10.2. The van der Waals surface area contributed by atoms with Crippen LogP contribution in [0.2, 0.25) is 0 Å². The minimum atomic E-state index is -0.0767. The van der Waals surface area contributed by atoms with Crippen LogP contribution in [0.5, 0.6) is 0 Å². The summed E-state index contributed by atoms with van der Waals surface area (Å²) in [5.74, 6) is 0.532. The predicted molar refractivity (Wildman–Crippen MR) is 138 cm³/mol. The van der Waals surface area contributed by atoms with Crippen LogP contribution in [0.1, 0.15) is 34.7 Å². The van der Waals surface area contributed by atoms with Crippen molar-refractivity contribution in [3.8, 4) is 6.07 Å². The molecule has 0 spiro atoms. The van der Waals surface area contributed by atoms with Crippen molar-refractivity contribution in [3.05, 3.63) is 46.1 Å². The highest BCUT2D eigenvalue weighted by Crippen LogP contribution is 2.28. The summed E-state index contributed by atoms with van der Waals surface area (Å²) in [5.41, 5.74) is 3.55. The normalized spacial score (nSPS) is 19.3. The molecule has 1 N–H and O–H groups in total. The molecule has 0 bridgehead atoms. The van der Waals surface area contributed by atoms with Crippen molar-refractivity contribution < 1.29 is 9.53 Å². The molecule has 0 aliphatic carbocycles. The lowest BCUT2D eigenvalue weighted by Crippen LogP contribution is -2.48. The number of hydrogen-bond acceptors (Lipinski definition) is 7. The van der Waals surface area contributed by atoms with E-state index in [9.17, 15) is 10.1 Å². The average Bonchev–Trinajstić information content (AvgIpc) is 3.56. The van der Waals surface area contributed by atoms with E-state index < -0.39 is 0 Å². The number of nitrogens with one attached hydrogen (secondary N) is 1. The van der Waals surface area contributed by atoms with Crippen molar-refractivity contribution in [2.45, 2.75) is 45.9 Å². The van der Waals surface area contributed by atoms with Gasteiger partial charge in [-0.15, -0.1) is 11.3 Å². The van der Waals surface area contributed by atoms with Gasteiger partial charge in [0.05, 0.1) is 41.5 Å². The fourth-order valence-corrected chi connectivity index (χ4v) is 6.02. The largest absolute Gasteiger partial charge is 0.376 e. The van der Waals surface area contributed by atoms with Gasteiger partial charge in [0, 0.05) is 38.5 Å². The Morgan fingerprint density at radius 2 is 2.00 bits per heavy atom. The minimum Gasteiger partial charge on any atom is -0.376 e. The maximum atomic E-state index is 13.0. The number of aromatic nitrogens is 2. The number of nitriles is 1. The van der Waals surface area contributed by atoms with Crippen LogP contribution in [-0.2, 0) is 22.6 Å². The topological polar surface area (TPSA) is 86.4 Å². The van der Waals surface area contributed by atoms with E-state index in [1.165, 1.54) is 4.70 Å². The van der Waals surface area contributed by atoms with E-state index in [4.69, 9.17) is 9.72 Å². The predicted octanol–water partition coefficient (Wildman–Crippen LogP) is 3.52. The second-order valence-electron chi connectivity index (χ2n) is 9.47. The Labute approximate surface area is 210 Å². The molecule has 2 aliphatic rings. The first-order chi connectivity index (χ1) is 17.0. The van der Waals surface area contributed by atoms with Crippen molar-refractivity contribution in [1.82, 2.24) is 19.4 Å². The highest BCUT2D eigenvalue weighted by Gasteiger charge is 2.25. The molecule has 4 heterocycles. The molecule has 5 rings (SSSR count). The molecular weight excluding hydrogens is 460 g/mol. The first-order valence-corrected chi connectivity index (χ1v) is 13.1. The van der Waals surface area contributed by atoms with Crippen LogP contribution >= 0.6 is 11.3 Å². The summed E-state index contributed by atoms with van der Waals surface area (Å²) in [6, 6.07) is 10.5. The lowest BCUT2D eigenvalue weighted by Gasteiger charge is -2.33. The Balaban J connectivity index is 1.17. The lowest BCUT2D eigenvalue weighted by molar-refractivity contribution is -0.117. The number of anilines is 1. The summed E-state index contributed by atoms with van der Waals surface area (Å²) in [4.78, 5) is 22.3. The van der Waals surface area contributed by atoms with Crippen LogP contribution in [-0.4, -0.2) is 70.7 Å². The van der Waals surface area contributed by atoms with E-state index in [0.717, 1.165) is 74.0 Å². The fourth-order valence-electron chi connectivity index (χ4n) is 5.01. The van der Waals surface area contributed by atoms with E-state index in [2.05, 4.69) is 44.0 Å². The summed E-state index contributed by atoms with van der Waals surface area (Å²) in [6.45, 7) is 10.0. The van der Waals surface area contributed by atoms with Crippen LogP contribution in [0.4, 0.5) is 5.82 Å². The maximum Gasteiger partial charge on any atom is 0.239 e. The van der Waals surface area contributed by atoms with E-state index in [0.29, 0.717) is 24.5 Å². The van der Waals surface area contributed by atoms with Crippen molar-refractivity contribution in [2.24, 2.45) is 0 Å². The second kappa shape index (κ2) is 10.5. The van der Waals surface area contributed by atoms with Gasteiger partial charge < -0.3 is 14.6 Å². The number of amides is 1. The Bertz CT molecular complexity index is 1210. The van der Waals surface area contributed by atoms with Crippen LogP contribution < -0.4 is 5.32 Å². The molecule has 8 nitrogen and oxygen atoms in total. The average molecular weight is 493 g/mol. The number of piperazine rings is 1. The summed E-state index contributed by atoms with van der Waals surface area (Å²) >= 11 is 1.75. The zero-order valence-corrected chi connectivity index (χ0v) is 21.2. The molecule has 1 unspecified atom stereocenters. The Hall–Kier alpha value is -2.77. The van der Waals surface area contributed by atoms with E-state index in [1.807, 2.05) is 19.9 Å². The van der Waals surface area contributed by atoms with E-state index >= 15 is 0 Å². The highest BCUT2D eigenvalue weighted by atomic mass is 32.1. The highest BCUT2D eigenvalue weighted by molar-refractivity contribution is 7.18. The van der Waals surface area contributed by atoms with Crippen LogP contribution in [0.3, 0.4) is 0 Å². The summed E-state index contributed by atoms with van der Waals surface area (Å²) in [7, 11) is 0. The molecule has 9 heteroatoms. The quantitative estimate of drug-likeness (QED) is 0.543. The molecule has 2 aromatic heterocycles. The molecule has 1 amide bonds. The van der Waals surface area contributed by atoms with Crippen molar-refractivity contribution in [2.75, 3.05) is 44.6 Å². The number of ether oxygens (including phenoxy) is 1. The first kappa shape index (κ1) is 23.9. The Morgan fingerprint density at radius 1 is 1.23 bits per heavy atom. The monoisotopic (exact) mass is 492 g/mol. The van der Waals surface area contributed by atoms with Gasteiger partial charge in [0.2, 0.25) is 5.91 Å². The van der Waals surface area contributed by atoms with Crippen molar-refractivity contribution in [3.63, 3.8) is 0 Å². The van der Waals surface area contributed by atoms with Crippen LogP contribution in [0, 0.1) is 25.2 Å². The number of para-hydroxylation sites is 1. The molecular formula is C26H32N6O2S. The van der Waals surface area contributed by atoms with Crippen molar-refractivity contribution in [1.29, 1.82) is 5.26 Å². The fraction of sp³-hybridized carbons (Fsp3) is 0.500. The SMILES string of the molecule is Cc1c(C#N)c(NC(=O)CN2CCN(Cc3nc4ccccc4s3)CC2)n(CC2CCCO2)c1C. The summed E-state index contributed by atoms with van der Waals surface area (Å²) < 4.78 is 9.09. The molecule has 1 aromatic carbocycles. The molecule has 1 atom stereocenters. The standard InChI is InChI=1S/C26H32N6O2S/c1-18-19(2)32(15-20-6-5-13-34-20)26(21(18)14-27)29-24(33)16-30-9-11-31(12-10-30)17-25-28-22-7-3-4-8-23(22)35-25/h3-4,7-8,20H,5-6,9-13,15-17H2,1-2H3,(H,29,33). The molecule has 2 saturated heterocycles. The minimum absolute atomic E-state index is 0.0767. The van der Waals surface area contributed by atoms with Crippen LogP contribution in [0.25, 0.3) is 10.2 Å². The van der Waals surface area contributed by atoms with Crippen LogP contribution in [0.15, 0.2) is 24.3 Å². The molecule has 0 radical (unpaired) electrons. The Morgan fingerprint density at radius 3 is 2.71 bits per heavy atom. The summed E-state index contributed by atoms with van der Waals surface area (Å²) in [5, 5.41) is 14.0. The molecule has 35 heavy (non-hydrogen) atoms. The number of carbonyl (C=O) groups is 1. The summed E-state index contributed by atoms with van der Waals surface area (Å²) in [6.07, 6.45) is 2.20. The molecule has 184 valence electrons. The van der Waals surface area contributed by atoms with Gasteiger partial charge >= 0.3 is 0 Å². The smallest absolute Gasteiger partial charge is 0.239 e. The third-order valence-electron chi connectivity index (χ3n) is 7.14. The maximum absolute atomic E-state index is 13.0. The third-order valence-corrected chi connectivity index (χ3v) is 8.16. The van der Waals surface area contributed by atoms with Gasteiger partial charge in [-0.3, -0.25) is 14.6 Å². The number of fused-ring (bicyclic) bond motifs is 1. The molecule has 3 aromatic rings. The van der Waals surface area contributed by atoms with Gasteiger partial charge in [0.25, 0.3) is 0 Å². The number of rotatable bonds is 7. The number of thiazole rings is 1. The van der Waals surface area contributed by atoms with Gasteiger partial charge in [-0.05, 0) is 44.4 Å².